The third-order valence-corrected chi connectivity index (χ3v) is 4.95. The van der Waals surface area contributed by atoms with Gasteiger partial charge in [0.1, 0.15) is 5.82 Å². The van der Waals surface area contributed by atoms with Crippen molar-refractivity contribution in [2.24, 2.45) is 0 Å². The predicted molar refractivity (Wildman–Crippen MR) is 92.6 cm³/mol. The Bertz CT molecular complexity index is 851. The van der Waals surface area contributed by atoms with Crippen LogP contribution < -0.4 is 10.0 Å². The summed E-state index contributed by atoms with van der Waals surface area (Å²) in [6, 6.07) is 9.56. The van der Waals surface area contributed by atoms with Crippen molar-refractivity contribution in [3.05, 3.63) is 59.4 Å². The van der Waals surface area contributed by atoms with Gasteiger partial charge in [-0.25, -0.2) is 17.5 Å². The Balaban J connectivity index is 2.11. The zero-order chi connectivity index (χ0) is 18.4. The maximum atomic E-state index is 13.3. The summed E-state index contributed by atoms with van der Waals surface area (Å²) in [7, 11) is -2.18. The number of hydrogen-bond acceptors (Lipinski definition) is 4. The number of hydrogen-bond donors (Lipinski definition) is 2. The van der Waals surface area contributed by atoms with E-state index in [1.165, 1.54) is 43.5 Å². The summed E-state index contributed by atoms with van der Waals surface area (Å²) < 4.78 is 44.6. The summed E-state index contributed by atoms with van der Waals surface area (Å²) in [6.07, 6.45) is 0. The van der Waals surface area contributed by atoms with E-state index >= 15 is 0 Å². The summed E-state index contributed by atoms with van der Waals surface area (Å²) >= 11 is 0. The van der Waals surface area contributed by atoms with Gasteiger partial charge in [0, 0.05) is 24.9 Å². The average Bonchev–Trinajstić information content (AvgIpc) is 2.58. The molecule has 0 saturated heterocycles. The Morgan fingerprint density at radius 3 is 2.48 bits per heavy atom. The van der Waals surface area contributed by atoms with Crippen LogP contribution in [0.3, 0.4) is 0 Å². The third-order valence-electron chi connectivity index (χ3n) is 3.47. The number of sulfonamides is 1. The lowest BCUT2D eigenvalue weighted by Gasteiger charge is -2.10. The molecule has 2 aromatic rings. The summed E-state index contributed by atoms with van der Waals surface area (Å²) in [4.78, 5) is 12.3. The van der Waals surface area contributed by atoms with Crippen LogP contribution in [0.15, 0.2) is 47.4 Å². The molecule has 0 unspecified atom stereocenters. The van der Waals surface area contributed by atoms with Gasteiger partial charge >= 0.3 is 0 Å². The van der Waals surface area contributed by atoms with Gasteiger partial charge in [0.25, 0.3) is 5.91 Å². The lowest BCUT2D eigenvalue weighted by Crippen LogP contribution is -2.27. The molecule has 0 aliphatic carbocycles. The number of amides is 1. The molecule has 0 saturated carbocycles. The third kappa shape index (κ3) is 5.09. The molecular formula is C17H19FN2O4S. The van der Waals surface area contributed by atoms with E-state index in [1.54, 1.807) is 13.0 Å². The molecule has 0 bridgehead atoms. The van der Waals surface area contributed by atoms with E-state index in [0.717, 1.165) is 5.56 Å². The molecule has 0 atom stereocenters. The zero-order valence-corrected chi connectivity index (χ0v) is 14.7. The van der Waals surface area contributed by atoms with Gasteiger partial charge in [0.15, 0.2) is 0 Å². The molecule has 2 rings (SSSR count). The van der Waals surface area contributed by atoms with Crippen LogP contribution in [0.4, 0.5) is 10.1 Å². The van der Waals surface area contributed by atoms with Gasteiger partial charge in [-0.3, -0.25) is 4.79 Å². The molecule has 0 fully saturated rings. The summed E-state index contributed by atoms with van der Waals surface area (Å²) in [6.45, 7) is 2.16. The van der Waals surface area contributed by atoms with Gasteiger partial charge in [-0.05, 0) is 48.9 Å². The topological polar surface area (TPSA) is 84.5 Å². The minimum atomic E-state index is -3.66. The fourth-order valence-corrected chi connectivity index (χ4v) is 3.08. The van der Waals surface area contributed by atoms with Crippen LogP contribution in [-0.2, 0) is 14.8 Å². The summed E-state index contributed by atoms with van der Waals surface area (Å²) in [5, 5.41) is 2.61. The fourth-order valence-electron chi connectivity index (χ4n) is 2.07. The molecule has 0 aliphatic rings. The number of ether oxygens (including phenoxy) is 1. The van der Waals surface area contributed by atoms with Gasteiger partial charge in [-0.1, -0.05) is 6.07 Å². The maximum Gasteiger partial charge on any atom is 0.255 e. The Kier molecular flexibility index (Phi) is 6.24. The van der Waals surface area contributed by atoms with Crippen molar-refractivity contribution in [3.63, 3.8) is 0 Å². The zero-order valence-electron chi connectivity index (χ0n) is 13.9. The normalized spacial score (nSPS) is 11.3. The Morgan fingerprint density at radius 1 is 1.16 bits per heavy atom. The van der Waals surface area contributed by atoms with Crippen molar-refractivity contribution in [2.75, 3.05) is 25.6 Å². The van der Waals surface area contributed by atoms with Crippen LogP contribution in [0.2, 0.25) is 0 Å². The van der Waals surface area contributed by atoms with Gasteiger partial charge in [-0.2, -0.15) is 0 Å². The van der Waals surface area contributed by atoms with E-state index < -0.39 is 21.7 Å². The van der Waals surface area contributed by atoms with Gasteiger partial charge in [0.2, 0.25) is 10.0 Å². The van der Waals surface area contributed by atoms with E-state index in [-0.39, 0.29) is 23.6 Å². The number of carbonyl (C=O) groups excluding carboxylic acids is 1. The maximum absolute atomic E-state index is 13.3. The molecule has 0 radical (unpaired) electrons. The van der Waals surface area contributed by atoms with Crippen LogP contribution >= 0.6 is 0 Å². The molecule has 25 heavy (non-hydrogen) atoms. The monoisotopic (exact) mass is 366 g/mol. The minimum absolute atomic E-state index is 0.0436. The highest BCUT2D eigenvalue weighted by atomic mass is 32.2. The van der Waals surface area contributed by atoms with Crippen molar-refractivity contribution >= 4 is 21.6 Å². The highest BCUT2D eigenvalue weighted by Gasteiger charge is 2.15. The lowest BCUT2D eigenvalue weighted by molar-refractivity contribution is 0.102. The molecular weight excluding hydrogens is 347 g/mol. The lowest BCUT2D eigenvalue weighted by atomic mass is 10.1. The Morgan fingerprint density at radius 2 is 1.84 bits per heavy atom. The second-order valence-electron chi connectivity index (χ2n) is 5.33. The molecule has 2 N–H and O–H groups in total. The number of nitrogens with one attached hydrogen (secondary N) is 2. The standard InChI is InChI=1S/C17H19FN2O4S/c1-12-3-6-14(18)11-16(12)20-17(21)13-4-7-15(8-5-13)25(22,23)19-9-10-24-2/h3-8,11,19H,9-10H2,1-2H3,(H,20,21). The number of aryl methyl sites for hydroxylation is 1. The van der Waals surface area contributed by atoms with E-state index in [1.807, 2.05) is 0 Å². The smallest absolute Gasteiger partial charge is 0.255 e. The molecule has 0 aromatic heterocycles. The number of methoxy groups -OCH3 is 1. The highest BCUT2D eigenvalue weighted by Crippen LogP contribution is 2.18. The summed E-state index contributed by atoms with van der Waals surface area (Å²) in [5.41, 5.74) is 1.35. The molecule has 2 aromatic carbocycles. The Labute approximate surface area is 146 Å². The van der Waals surface area contributed by atoms with Crippen LogP contribution in [0.1, 0.15) is 15.9 Å². The Hall–Kier alpha value is -2.29. The van der Waals surface area contributed by atoms with Gasteiger partial charge in [-0.15, -0.1) is 0 Å². The van der Waals surface area contributed by atoms with Gasteiger partial charge in [0.05, 0.1) is 11.5 Å². The van der Waals surface area contributed by atoms with E-state index in [4.69, 9.17) is 4.74 Å². The molecule has 0 aliphatic heterocycles. The first-order valence-electron chi connectivity index (χ1n) is 7.49. The molecule has 6 nitrogen and oxygen atoms in total. The molecule has 0 heterocycles. The van der Waals surface area contributed by atoms with Crippen LogP contribution in [0.5, 0.6) is 0 Å². The number of benzene rings is 2. The van der Waals surface area contributed by atoms with Crippen LogP contribution in [-0.4, -0.2) is 34.6 Å². The first kappa shape index (κ1) is 19.0. The number of anilines is 1. The SMILES string of the molecule is COCCNS(=O)(=O)c1ccc(C(=O)Nc2cc(F)ccc2C)cc1. The second kappa shape index (κ2) is 8.19. The predicted octanol–water partition coefficient (Wildman–Crippen LogP) is 2.31. The quantitative estimate of drug-likeness (QED) is 0.737. The number of halogens is 1. The van der Waals surface area contributed by atoms with Crippen molar-refractivity contribution in [2.45, 2.75) is 11.8 Å². The first-order chi connectivity index (χ1) is 11.8. The molecule has 8 heteroatoms. The van der Waals surface area contributed by atoms with E-state index in [2.05, 4.69) is 10.0 Å². The first-order valence-corrected chi connectivity index (χ1v) is 8.98. The largest absolute Gasteiger partial charge is 0.383 e. The minimum Gasteiger partial charge on any atom is -0.383 e. The van der Waals surface area contributed by atoms with Crippen LogP contribution in [0.25, 0.3) is 0 Å². The van der Waals surface area contributed by atoms with Crippen LogP contribution in [0, 0.1) is 12.7 Å². The second-order valence-corrected chi connectivity index (χ2v) is 7.10. The molecule has 1 amide bonds. The van der Waals surface area contributed by atoms with Crippen molar-refractivity contribution in [1.82, 2.24) is 4.72 Å². The summed E-state index contributed by atoms with van der Waals surface area (Å²) in [5.74, 6) is -0.908. The number of rotatable bonds is 7. The van der Waals surface area contributed by atoms with Crippen molar-refractivity contribution in [3.8, 4) is 0 Å². The van der Waals surface area contributed by atoms with E-state index in [0.29, 0.717) is 5.69 Å². The van der Waals surface area contributed by atoms with Crippen molar-refractivity contribution < 1.29 is 22.3 Å². The number of carbonyl (C=O) groups is 1. The van der Waals surface area contributed by atoms with E-state index in [9.17, 15) is 17.6 Å². The molecule has 134 valence electrons. The fraction of sp³-hybridized carbons (Fsp3) is 0.235. The van der Waals surface area contributed by atoms with Crippen molar-refractivity contribution in [1.29, 1.82) is 0 Å². The highest BCUT2D eigenvalue weighted by molar-refractivity contribution is 7.89. The average molecular weight is 366 g/mol. The molecule has 0 spiro atoms. The van der Waals surface area contributed by atoms with Gasteiger partial charge < -0.3 is 10.1 Å².